The first-order valence-corrected chi connectivity index (χ1v) is 9.57. The van der Waals surface area contributed by atoms with Crippen molar-refractivity contribution in [3.63, 3.8) is 0 Å². The highest BCUT2D eigenvalue weighted by atomic mass is 35.5. The Kier molecular flexibility index (Phi) is 4.98. The van der Waals surface area contributed by atoms with Crippen LogP contribution in [0, 0.1) is 0 Å². The van der Waals surface area contributed by atoms with E-state index in [1.54, 1.807) is 0 Å². The molecule has 132 valence electrons. The Balaban J connectivity index is 1.43. The van der Waals surface area contributed by atoms with Crippen LogP contribution in [-0.2, 0) is 6.54 Å². The number of fused-ring (bicyclic) bond motifs is 1. The molecule has 2 atom stereocenters. The van der Waals surface area contributed by atoms with E-state index in [-0.39, 0.29) is 0 Å². The summed E-state index contributed by atoms with van der Waals surface area (Å²) >= 11 is 5.94. The van der Waals surface area contributed by atoms with Crippen LogP contribution in [0.1, 0.15) is 25.3 Å². The van der Waals surface area contributed by atoms with E-state index in [4.69, 9.17) is 16.3 Å². The van der Waals surface area contributed by atoms with Crippen LogP contribution in [0.3, 0.4) is 0 Å². The first-order chi connectivity index (χ1) is 12.2. The lowest BCUT2D eigenvalue weighted by Gasteiger charge is -2.43. The third-order valence-electron chi connectivity index (χ3n) is 5.55. The number of hydrogen-bond donors (Lipinski definition) is 0. The highest BCUT2D eigenvalue weighted by molar-refractivity contribution is 6.30. The highest BCUT2D eigenvalue weighted by Gasteiger charge is 2.36. The second-order valence-corrected chi connectivity index (χ2v) is 7.60. The second-order valence-electron chi connectivity index (χ2n) is 7.16. The van der Waals surface area contributed by atoms with Crippen LogP contribution in [0.4, 0.5) is 0 Å². The van der Waals surface area contributed by atoms with Gasteiger partial charge < -0.3 is 4.74 Å². The van der Waals surface area contributed by atoms with Crippen molar-refractivity contribution in [2.45, 2.75) is 38.4 Å². The zero-order chi connectivity index (χ0) is 17.2. The van der Waals surface area contributed by atoms with E-state index in [1.165, 1.54) is 31.5 Å². The normalized spacial score (nSPS) is 24.2. The van der Waals surface area contributed by atoms with Gasteiger partial charge in [-0.3, -0.25) is 9.80 Å². The van der Waals surface area contributed by atoms with Gasteiger partial charge in [0.05, 0.1) is 0 Å². The molecule has 3 nitrogen and oxygen atoms in total. The molecule has 2 saturated heterocycles. The minimum atomic E-state index is 0.622. The van der Waals surface area contributed by atoms with Crippen molar-refractivity contribution in [2.75, 3.05) is 19.6 Å². The lowest BCUT2D eigenvalue weighted by atomic mass is 10.0. The number of halogens is 1. The summed E-state index contributed by atoms with van der Waals surface area (Å²) in [5.74, 6) is 1.70. The summed E-state index contributed by atoms with van der Waals surface area (Å²) in [4.78, 5) is 5.29. The maximum Gasteiger partial charge on any atom is 0.127 e. The fourth-order valence-electron chi connectivity index (χ4n) is 4.18. The molecule has 2 aliphatic heterocycles. The molecular formula is C21H25ClN2O. The molecule has 0 radical (unpaired) electrons. The van der Waals surface area contributed by atoms with Crippen LogP contribution in [0.5, 0.6) is 11.5 Å². The number of hydrogen-bond acceptors (Lipinski definition) is 3. The summed E-state index contributed by atoms with van der Waals surface area (Å²) in [5.41, 5.74) is 1.31. The SMILES string of the molecule is C[C@@H]1[C@@H]2CCCN2CCN1Cc1cccc(Oc2ccc(Cl)cc2)c1. The van der Waals surface area contributed by atoms with E-state index in [9.17, 15) is 0 Å². The minimum absolute atomic E-state index is 0.622. The Morgan fingerprint density at radius 2 is 1.88 bits per heavy atom. The van der Waals surface area contributed by atoms with E-state index in [1.807, 2.05) is 30.3 Å². The second kappa shape index (κ2) is 7.36. The van der Waals surface area contributed by atoms with E-state index < -0.39 is 0 Å². The van der Waals surface area contributed by atoms with Crippen LogP contribution in [0.15, 0.2) is 48.5 Å². The topological polar surface area (TPSA) is 15.7 Å². The lowest BCUT2D eigenvalue weighted by Crippen LogP contribution is -2.55. The molecule has 4 rings (SSSR count). The molecule has 0 N–H and O–H groups in total. The molecule has 2 aromatic carbocycles. The number of piperazine rings is 1. The predicted octanol–water partition coefficient (Wildman–Crippen LogP) is 4.80. The zero-order valence-corrected chi connectivity index (χ0v) is 15.5. The Morgan fingerprint density at radius 3 is 2.72 bits per heavy atom. The first-order valence-electron chi connectivity index (χ1n) is 9.19. The van der Waals surface area contributed by atoms with E-state index in [0.29, 0.717) is 6.04 Å². The van der Waals surface area contributed by atoms with Gasteiger partial charge in [0.1, 0.15) is 11.5 Å². The fraction of sp³-hybridized carbons (Fsp3) is 0.429. The van der Waals surface area contributed by atoms with Crippen LogP contribution in [0.2, 0.25) is 5.02 Å². The molecule has 2 aliphatic rings. The van der Waals surface area contributed by atoms with Crippen molar-refractivity contribution in [1.29, 1.82) is 0 Å². The molecule has 0 bridgehead atoms. The van der Waals surface area contributed by atoms with E-state index in [2.05, 4.69) is 34.9 Å². The quantitative estimate of drug-likeness (QED) is 0.782. The third kappa shape index (κ3) is 3.84. The Hall–Kier alpha value is -1.55. The first kappa shape index (κ1) is 16.9. The maximum absolute atomic E-state index is 5.97. The van der Waals surface area contributed by atoms with Gasteiger partial charge in [-0.05, 0) is 68.3 Å². The number of nitrogens with zero attached hydrogens (tertiary/aromatic N) is 2. The van der Waals surface area contributed by atoms with Gasteiger partial charge in [-0.25, -0.2) is 0 Å². The largest absolute Gasteiger partial charge is 0.457 e. The Bertz CT molecular complexity index is 718. The molecule has 2 aromatic rings. The monoisotopic (exact) mass is 356 g/mol. The van der Waals surface area contributed by atoms with Crippen molar-refractivity contribution >= 4 is 11.6 Å². The summed E-state index contributed by atoms with van der Waals surface area (Å²) in [5, 5.41) is 0.723. The van der Waals surface area contributed by atoms with Gasteiger partial charge in [0, 0.05) is 36.7 Å². The number of ether oxygens (including phenoxy) is 1. The average Bonchev–Trinajstić information content (AvgIpc) is 3.09. The van der Waals surface area contributed by atoms with Gasteiger partial charge in [-0.15, -0.1) is 0 Å². The molecule has 4 heteroatoms. The summed E-state index contributed by atoms with van der Waals surface area (Å²) in [6.07, 6.45) is 2.70. The van der Waals surface area contributed by atoms with Gasteiger partial charge in [0.15, 0.2) is 0 Å². The number of rotatable bonds is 4. The molecule has 0 amide bonds. The summed E-state index contributed by atoms with van der Waals surface area (Å²) in [6.45, 7) is 7.02. The molecule has 0 aliphatic carbocycles. The van der Waals surface area contributed by atoms with Crippen LogP contribution in [0.25, 0.3) is 0 Å². The average molecular weight is 357 g/mol. The summed E-state index contributed by atoms with van der Waals surface area (Å²) in [6, 6.07) is 17.3. The van der Waals surface area contributed by atoms with Gasteiger partial charge in [0.2, 0.25) is 0 Å². The molecular weight excluding hydrogens is 332 g/mol. The third-order valence-corrected chi connectivity index (χ3v) is 5.81. The Labute approximate surface area is 155 Å². The van der Waals surface area contributed by atoms with E-state index in [0.717, 1.165) is 35.7 Å². The molecule has 2 heterocycles. The smallest absolute Gasteiger partial charge is 0.127 e. The van der Waals surface area contributed by atoms with Gasteiger partial charge >= 0.3 is 0 Å². The number of benzene rings is 2. The zero-order valence-electron chi connectivity index (χ0n) is 14.7. The lowest BCUT2D eigenvalue weighted by molar-refractivity contribution is 0.0470. The van der Waals surface area contributed by atoms with Crippen LogP contribution >= 0.6 is 11.6 Å². The fourth-order valence-corrected chi connectivity index (χ4v) is 4.31. The van der Waals surface area contributed by atoms with Gasteiger partial charge in [-0.1, -0.05) is 23.7 Å². The summed E-state index contributed by atoms with van der Waals surface area (Å²) < 4.78 is 5.97. The summed E-state index contributed by atoms with van der Waals surface area (Å²) in [7, 11) is 0. The van der Waals surface area contributed by atoms with Crippen molar-refractivity contribution in [3.8, 4) is 11.5 Å². The molecule has 0 spiro atoms. The van der Waals surface area contributed by atoms with Crippen molar-refractivity contribution in [3.05, 3.63) is 59.1 Å². The minimum Gasteiger partial charge on any atom is -0.457 e. The molecule has 2 fully saturated rings. The van der Waals surface area contributed by atoms with Crippen LogP contribution in [-0.4, -0.2) is 41.5 Å². The molecule has 0 unspecified atom stereocenters. The van der Waals surface area contributed by atoms with Gasteiger partial charge in [-0.2, -0.15) is 0 Å². The standard InChI is InChI=1S/C21H25ClN2O/c1-16-21-6-3-11-23(21)12-13-24(16)15-17-4-2-5-20(14-17)25-19-9-7-18(22)8-10-19/h2,4-5,7-10,14,16,21H,3,6,11-13,15H2,1H3/t16-,21+/m1/s1. The molecule has 0 aromatic heterocycles. The molecule has 25 heavy (non-hydrogen) atoms. The predicted molar refractivity (Wildman–Crippen MR) is 102 cm³/mol. The van der Waals surface area contributed by atoms with Crippen molar-refractivity contribution in [1.82, 2.24) is 9.80 Å². The van der Waals surface area contributed by atoms with Gasteiger partial charge in [0.25, 0.3) is 0 Å². The highest BCUT2D eigenvalue weighted by Crippen LogP contribution is 2.29. The van der Waals surface area contributed by atoms with Crippen molar-refractivity contribution in [2.24, 2.45) is 0 Å². The van der Waals surface area contributed by atoms with Crippen LogP contribution < -0.4 is 4.74 Å². The van der Waals surface area contributed by atoms with Crippen molar-refractivity contribution < 1.29 is 4.74 Å². The van der Waals surface area contributed by atoms with E-state index >= 15 is 0 Å². The molecule has 0 saturated carbocycles. The maximum atomic E-state index is 5.97. The Morgan fingerprint density at radius 1 is 1.04 bits per heavy atom.